The number of hydrogen-bond donors (Lipinski definition) is 2. The largest absolute Gasteiger partial charge is 0.512 e. The van der Waals surface area contributed by atoms with Crippen LogP contribution < -0.4 is 0 Å². The van der Waals surface area contributed by atoms with Crippen molar-refractivity contribution in [1.82, 2.24) is 9.97 Å². The first kappa shape index (κ1) is 20.4. The van der Waals surface area contributed by atoms with Crippen molar-refractivity contribution < 1.29 is 15.1 Å². The molecule has 0 aliphatic carbocycles. The van der Waals surface area contributed by atoms with Crippen molar-refractivity contribution in [1.29, 1.82) is 0 Å². The van der Waals surface area contributed by atoms with E-state index in [1.165, 1.54) is 30.4 Å². The molecule has 0 amide bonds. The first-order chi connectivity index (χ1) is 12.3. The van der Waals surface area contributed by atoms with Gasteiger partial charge in [0.2, 0.25) is 0 Å². The highest BCUT2D eigenvalue weighted by atomic mass is 16.6. The third kappa shape index (κ3) is 4.81. The molecule has 1 aromatic heterocycles. The molecule has 0 unspecified atom stereocenters. The van der Waals surface area contributed by atoms with Gasteiger partial charge in [0.05, 0.1) is 38.9 Å². The number of rotatable bonds is 3. The second-order valence-electron chi connectivity index (χ2n) is 8.48. The predicted octanol–water partition coefficient (Wildman–Crippen LogP) is 5.43. The average molecular weight is 371 g/mol. The van der Waals surface area contributed by atoms with Crippen LogP contribution in [0.25, 0.3) is 23.2 Å². The standard InChI is InChI=1S/C20H25N3O4/c1-19(2,3)17(24)10-15-16(11-18(25)20(4,5)6)22-14-9-12(23(26)27)7-8-13(14)21-15/h7-11,24-25H,1-6H3/b17-10+,18-11+. The van der Waals surface area contributed by atoms with Crippen LogP contribution in [0.15, 0.2) is 29.7 Å². The minimum atomic E-state index is -0.508. The molecule has 144 valence electrons. The highest BCUT2D eigenvalue weighted by Gasteiger charge is 2.20. The van der Waals surface area contributed by atoms with Gasteiger partial charge in [-0.15, -0.1) is 0 Å². The first-order valence-corrected chi connectivity index (χ1v) is 8.57. The number of nitro groups is 1. The van der Waals surface area contributed by atoms with Crippen molar-refractivity contribution in [2.75, 3.05) is 0 Å². The molecule has 7 nitrogen and oxygen atoms in total. The smallest absolute Gasteiger partial charge is 0.271 e. The van der Waals surface area contributed by atoms with Crippen LogP contribution in [-0.2, 0) is 0 Å². The van der Waals surface area contributed by atoms with Crippen LogP contribution in [0.2, 0.25) is 0 Å². The quantitative estimate of drug-likeness (QED) is 0.423. The lowest BCUT2D eigenvalue weighted by molar-refractivity contribution is -0.384. The molecule has 7 heteroatoms. The third-order valence-corrected chi connectivity index (χ3v) is 4.00. The zero-order chi connectivity index (χ0) is 20.6. The maximum Gasteiger partial charge on any atom is 0.271 e. The number of allylic oxidation sites excluding steroid dienone is 2. The molecule has 0 aliphatic heterocycles. The monoisotopic (exact) mass is 371 g/mol. The van der Waals surface area contributed by atoms with E-state index in [1.54, 1.807) is 0 Å². The molecule has 2 N–H and O–H groups in total. The number of fused-ring (bicyclic) bond motifs is 1. The summed E-state index contributed by atoms with van der Waals surface area (Å²) in [4.78, 5) is 19.5. The molecule has 0 spiro atoms. The van der Waals surface area contributed by atoms with E-state index in [-0.39, 0.29) is 17.2 Å². The number of hydrogen-bond acceptors (Lipinski definition) is 6. The van der Waals surface area contributed by atoms with Crippen LogP contribution >= 0.6 is 0 Å². The van der Waals surface area contributed by atoms with E-state index in [0.29, 0.717) is 22.4 Å². The molecule has 0 fully saturated rings. The van der Waals surface area contributed by atoms with E-state index in [1.807, 2.05) is 41.5 Å². The number of non-ortho nitro benzene ring substituents is 1. The molecule has 0 radical (unpaired) electrons. The average Bonchev–Trinajstić information content (AvgIpc) is 2.52. The number of aliphatic hydroxyl groups is 2. The summed E-state index contributed by atoms with van der Waals surface area (Å²) in [6.07, 6.45) is 2.99. The third-order valence-electron chi connectivity index (χ3n) is 4.00. The Bertz CT molecular complexity index is 948. The Morgan fingerprint density at radius 1 is 0.926 bits per heavy atom. The van der Waals surface area contributed by atoms with Gasteiger partial charge in [-0.2, -0.15) is 0 Å². The molecule has 0 saturated heterocycles. The van der Waals surface area contributed by atoms with Crippen LogP contribution in [0, 0.1) is 20.9 Å². The molecule has 0 atom stereocenters. The molecule has 27 heavy (non-hydrogen) atoms. The highest BCUT2D eigenvalue weighted by molar-refractivity contribution is 5.80. The first-order valence-electron chi connectivity index (χ1n) is 8.57. The van der Waals surface area contributed by atoms with Crippen molar-refractivity contribution in [3.05, 3.63) is 51.2 Å². The Kier molecular flexibility index (Phi) is 5.26. The fourth-order valence-electron chi connectivity index (χ4n) is 2.09. The molecule has 0 aliphatic rings. The summed E-state index contributed by atoms with van der Waals surface area (Å²) >= 11 is 0. The minimum Gasteiger partial charge on any atom is -0.512 e. The van der Waals surface area contributed by atoms with Crippen molar-refractivity contribution in [3.8, 4) is 0 Å². The van der Waals surface area contributed by atoms with E-state index in [4.69, 9.17) is 0 Å². The van der Waals surface area contributed by atoms with Gasteiger partial charge < -0.3 is 10.2 Å². The van der Waals surface area contributed by atoms with Crippen LogP contribution in [0.5, 0.6) is 0 Å². The van der Waals surface area contributed by atoms with Crippen molar-refractivity contribution in [3.63, 3.8) is 0 Å². The SMILES string of the molecule is CC(C)(C)/C(O)=C\c1nc2ccc([N+](=O)[O-])cc2nc1/C=C(/O)C(C)(C)C. The lowest BCUT2D eigenvalue weighted by Crippen LogP contribution is -2.10. The lowest BCUT2D eigenvalue weighted by Gasteiger charge is -2.19. The molecule has 0 saturated carbocycles. The number of nitrogens with zero attached hydrogens (tertiary/aromatic N) is 3. The van der Waals surface area contributed by atoms with E-state index in [2.05, 4.69) is 9.97 Å². The molecular formula is C20H25N3O4. The summed E-state index contributed by atoms with van der Waals surface area (Å²) in [7, 11) is 0. The van der Waals surface area contributed by atoms with Gasteiger partial charge in [-0.05, 0) is 6.07 Å². The van der Waals surface area contributed by atoms with Gasteiger partial charge in [-0.1, -0.05) is 41.5 Å². The second kappa shape index (κ2) is 6.98. The maximum absolute atomic E-state index is 11.0. The number of aliphatic hydroxyl groups excluding tert-OH is 2. The molecule has 1 aromatic carbocycles. The summed E-state index contributed by atoms with van der Waals surface area (Å²) < 4.78 is 0. The van der Waals surface area contributed by atoms with E-state index in [0.717, 1.165) is 0 Å². The van der Waals surface area contributed by atoms with Gasteiger partial charge in [0.1, 0.15) is 0 Å². The topological polar surface area (TPSA) is 109 Å². The normalized spacial score (nSPS) is 13.9. The molecule has 0 bridgehead atoms. The number of nitro benzene ring substituents is 1. The maximum atomic E-state index is 11.0. The van der Waals surface area contributed by atoms with E-state index < -0.39 is 15.8 Å². The van der Waals surface area contributed by atoms with Gasteiger partial charge in [-0.3, -0.25) is 10.1 Å². The van der Waals surface area contributed by atoms with Gasteiger partial charge in [0.25, 0.3) is 5.69 Å². The Hall–Kier alpha value is -2.96. The second-order valence-corrected chi connectivity index (χ2v) is 8.48. The zero-order valence-electron chi connectivity index (χ0n) is 16.4. The minimum absolute atomic E-state index is 0.0893. The fraction of sp³-hybridized carbons (Fsp3) is 0.400. The van der Waals surface area contributed by atoms with Gasteiger partial charge >= 0.3 is 0 Å². The van der Waals surface area contributed by atoms with Crippen molar-refractivity contribution in [2.45, 2.75) is 41.5 Å². The Morgan fingerprint density at radius 2 is 1.37 bits per heavy atom. The van der Waals surface area contributed by atoms with Gasteiger partial charge in [0, 0.05) is 35.1 Å². The predicted molar refractivity (Wildman–Crippen MR) is 106 cm³/mol. The molecule has 2 aromatic rings. The lowest BCUT2D eigenvalue weighted by atomic mass is 9.92. The van der Waals surface area contributed by atoms with Crippen molar-refractivity contribution >= 4 is 28.9 Å². The van der Waals surface area contributed by atoms with E-state index >= 15 is 0 Å². The Morgan fingerprint density at radius 3 is 1.78 bits per heavy atom. The Labute approximate surface area is 158 Å². The van der Waals surface area contributed by atoms with Crippen molar-refractivity contribution in [2.24, 2.45) is 10.8 Å². The highest BCUT2D eigenvalue weighted by Crippen LogP contribution is 2.29. The molecule has 2 rings (SSSR count). The van der Waals surface area contributed by atoms with Crippen LogP contribution in [0.3, 0.4) is 0 Å². The number of benzene rings is 1. The summed E-state index contributed by atoms with van der Waals surface area (Å²) in [6.45, 7) is 11.1. The van der Waals surface area contributed by atoms with Gasteiger partial charge in [-0.25, -0.2) is 9.97 Å². The molecular weight excluding hydrogens is 346 g/mol. The summed E-state index contributed by atoms with van der Waals surface area (Å²) in [5, 5.41) is 31.8. The van der Waals surface area contributed by atoms with Crippen LogP contribution in [-0.4, -0.2) is 25.1 Å². The van der Waals surface area contributed by atoms with Gasteiger partial charge in [0.15, 0.2) is 0 Å². The fourth-order valence-corrected chi connectivity index (χ4v) is 2.09. The van der Waals surface area contributed by atoms with E-state index in [9.17, 15) is 20.3 Å². The summed E-state index contributed by atoms with van der Waals surface area (Å²) in [5.74, 6) is 0.203. The summed E-state index contributed by atoms with van der Waals surface area (Å²) in [6, 6.07) is 4.21. The summed E-state index contributed by atoms with van der Waals surface area (Å²) in [5.41, 5.74) is 0.412. The van der Waals surface area contributed by atoms with Crippen LogP contribution in [0.1, 0.15) is 52.9 Å². The zero-order valence-corrected chi connectivity index (χ0v) is 16.4. The number of aromatic nitrogens is 2. The molecule has 1 heterocycles. The van der Waals surface area contributed by atoms with Crippen LogP contribution in [0.4, 0.5) is 5.69 Å². The Balaban J connectivity index is 2.76.